The normalized spacial score (nSPS) is 11.5. The van der Waals surface area contributed by atoms with Crippen LogP contribution in [0.25, 0.3) is 88.4 Å². The SMILES string of the molecule is c1ccc(-c2c3c(c(-c4ccccc4)c4ccccc24)-c2ccc(-c4ccc(N(c5ccccc5)c5cccc(-c6ccccn6)c5)cc4)c4cccc-3c24)cc1. The molecule has 1 aliphatic carbocycles. The van der Waals surface area contributed by atoms with Gasteiger partial charge in [-0.3, -0.25) is 4.98 Å². The van der Waals surface area contributed by atoms with Crippen LogP contribution in [0.5, 0.6) is 0 Å². The zero-order chi connectivity index (χ0) is 37.7. The maximum atomic E-state index is 4.63. The summed E-state index contributed by atoms with van der Waals surface area (Å²) >= 11 is 0. The van der Waals surface area contributed by atoms with Crippen LogP contribution in [0.4, 0.5) is 17.1 Å². The number of anilines is 3. The van der Waals surface area contributed by atoms with E-state index in [1.54, 1.807) is 0 Å². The summed E-state index contributed by atoms with van der Waals surface area (Å²) in [5.74, 6) is 0. The molecule has 1 aromatic heterocycles. The summed E-state index contributed by atoms with van der Waals surface area (Å²) in [5, 5.41) is 5.13. The first-order valence-corrected chi connectivity index (χ1v) is 19.5. The number of aromatic nitrogens is 1. The molecule has 2 nitrogen and oxygen atoms in total. The quantitative estimate of drug-likeness (QED) is 0.163. The molecule has 0 bridgehead atoms. The van der Waals surface area contributed by atoms with Gasteiger partial charge in [-0.2, -0.15) is 0 Å². The largest absolute Gasteiger partial charge is 0.310 e. The number of hydrogen-bond donors (Lipinski definition) is 0. The smallest absolute Gasteiger partial charge is 0.0702 e. The van der Waals surface area contributed by atoms with Crippen LogP contribution in [0.15, 0.2) is 219 Å². The van der Waals surface area contributed by atoms with Crippen molar-refractivity contribution in [2.75, 3.05) is 4.90 Å². The van der Waals surface area contributed by atoms with Crippen molar-refractivity contribution in [1.82, 2.24) is 4.98 Å². The van der Waals surface area contributed by atoms with E-state index in [0.29, 0.717) is 0 Å². The molecule has 0 unspecified atom stereocenters. The van der Waals surface area contributed by atoms with Gasteiger partial charge in [-0.25, -0.2) is 0 Å². The molecule has 1 aliphatic rings. The molecular formula is C55H36N2. The highest BCUT2D eigenvalue weighted by Crippen LogP contribution is 2.58. The first-order valence-electron chi connectivity index (χ1n) is 19.5. The lowest BCUT2D eigenvalue weighted by Gasteiger charge is -2.26. The van der Waals surface area contributed by atoms with Gasteiger partial charge in [0.05, 0.1) is 5.69 Å². The van der Waals surface area contributed by atoms with Crippen LogP contribution in [0.1, 0.15) is 0 Å². The number of para-hydroxylation sites is 1. The third kappa shape index (κ3) is 5.45. The Morgan fingerprint density at radius 3 is 1.46 bits per heavy atom. The number of benzene rings is 9. The van der Waals surface area contributed by atoms with Crippen LogP contribution in [0.3, 0.4) is 0 Å². The summed E-state index contributed by atoms with van der Waals surface area (Å²) < 4.78 is 0. The van der Waals surface area contributed by atoms with Crippen molar-refractivity contribution in [2.24, 2.45) is 0 Å². The summed E-state index contributed by atoms with van der Waals surface area (Å²) in [6.07, 6.45) is 1.85. The molecule has 0 spiro atoms. The Bertz CT molecular complexity index is 2990. The average Bonchev–Trinajstić information content (AvgIpc) is 3.62. The van der Waals surface area contributed by atoms with E-state index in [0.717, 1.165) is 28.3 Å². The zero-order valence-corrected chi connectivity index (χ0v) is 31.2. The topological polar surface area (TPSA) is 16.1 Å². The Morgan fingerprint density at radius 1 is 0.298 bits per heavy atom. The Kier molecular flexibility index (Phi) is 7.86. The van der Waals surface area contributed by atoms with Crippen LogP contribution in [-0.2, 0) is 0 Å². The van der Waals surface area contributed by atoms with Crippen molar-refractivity contribution in [2.45, 2.75) is 0 Å². The number of nitrogens with zero attached hydrogens (tertiary/aromatic N) is 2. The highest BCUT2D eigenvalue weighted by atomic mass is 15.1. The van der Waals surface area contributed by atoms with Gasteiger partial charge in [-0.15, -0.1) is 0 Å². The lowest BCUT2D eigenvalue weighted by atomic mass is 9.82. The van der Waals surface area contributed by atoms with E-state index in [2.05, 4.69) is 210 Å². The lowest BCUT2D eigenvalue weighted by Crippen LogP contribution is -2.09. The summed E-state index contributed by atoms with van der Waals surface area (Å²) in [6.45, 7) is 0. The van der Waals surface area contributed by atoms with Gasteiger partial charge in [-0.1, -0.05) is 164 Å². The molecule has 0 aliphatic heterocycles. The van der Waals surface area contributed by atoms with Crippen molar-refractivity contribution >= 4 is 38.6 Å². The standard InChI is InChI=1S/C55H36N2/c1-4-16-38(17-5-1)51-46-24-10-11-25-47(46)52(39-18-6-2-7-19-39)55-49-34-33-44(45-26-15-27-48(53(45)49)54(51)55)37-29-31-42(32-30-37)57(41-21-8-3-9-22-41)43-23-14-20-40(36-43)50-28-12-13-35-56-50/h1-36H. The first kappa shape index (κ1) is 32.8. The molecule has 11 rings (SSSR count). The predicted molar refractivity (Wildman–Crippen MR) is 240 cm³/mol. The second-order valence-electron chi connectivity index (χ2n) is 14.6. The Labute approximate surface area is 332 Å². The minimum Gasteiger partial charge on any atom is -0.310 e. The molecule has 1 heterocycles. The lowest BCUT2D eigenvalue weighted by molar-refractivity contribution is 1.27. The highest BCUT2D eigenvalue weighted by molar-refractivity contribution is 6.28. The fourth-order valence-electron chi connectivity index (χ4n) is 9.01. The van der Waals surface area contributed by atoms with Crippen molar-refractivity contribution < 1.29 is 0 Å². The number of pyridine rings is 1. The van der Waals surface area contributed by atoms with Gasteiger partial charge in [0, 0.05) is 28.8 Å². The summed E-state index contributed by atoms with van der Waals surface area (Å²) in [4.78, 5) is 6.95. The van der Waals surface area contributed by atoms with Crippen molar-refractivity contribution in [3.05, 3.63) is 219 Å². The van der Waals surface area contributed by atoms with Crippen LogP contribution in [-0.4, -0.2) is 4.98 Å². The number of hydrogen-bond acceptors (Lipinski definition) is 2. The maximum absolute atomic E-state index is 4.63. The molecule has 0 saturated carbocycles. The van der Waals surface area contributed by atoms with E-state index in [4.69, 9.17) is 0 Å². The fraction of sp³-hybridized carbons (Fsp3) is 0. The van der Waals surface area contributed by atoms with Gasteiger partial charge in [0.25, 0.3) is 0 Å². The molecule has 0 amide bonds. The molecule has 266 valence electrons. The van der Waals surface area contributed by atoms with Crippen LogP contribution in [0, 0.1) is 0 Å². The second-order valence-corrected chi connectivity index (χ2v) is 14.6. The minimum atomic E-state index is 0.955. The molecule has 0 N–H and O–H groups in total. The van der Waals surface area contributed by atoms with Gasteiger partial charge in [0.2, 0.25) is 0 Å². The number of rotatable bonds is 7. The molecule has 10 aromatic rings. The van der Waals surface area contributed by atoms with Crippen LogP contribution in [0.2, 0.25) is 0 Å². The molecule has 57 heavy (non-hydrogen) atoms. The Morgan fingerprint density at radius 2 is 0.807 bits per heavy atom. The monoisotopic (exact) mass is 724 g/mol. The molecule has 0 saturated heterocycles. The third-order valence-electron chi connectivity index (χ3n) is 11.4. The second kappa shape index (κ2) is 13.6. The van der Waals surface area contributed by atoms with Gasteiger partial charge < -0.3 is 4.90 Å². The van der Waals surface area contributed by atoms with Gasteiger partial charge >= 0.3 is 0 Å². The number of fused-ring (bicyclic) bond motifs is 4. The maximum Gasteiger partial charge on any atom is 0.0702 e. The first-order chi connectivity index (χ1) is 28.3. The van der Waals surface area contributed by atoms with Gasteiger partial charge in [0.1, 0.15) is 0 Å². The Hall–Kier alpha value is -7.55. The van der Waals surface area contributed by atoms with Crippen molar-refractivity contribution in [3.63, 3.8) is 0 Å². The molecule has 9 aromatic carbocycles. The van der Waals surface area contributed by atoms with Gasteiger partial charge in [-0.05, 0) is 126 Å². The van der Waals surface area contributed by atoms with E-state index >= 15 is 0 Å². The van der Waals surface area contributed by atoms with E-state index in [-0.39, 0.29) is 0 Å². The van der Waals surface area contributed by atoms with Crippen LogP contribution < -0.4 is 4.90 Å². The summed E-state index contributed by atoms with van der Waals surface area (Å²) in [7, 11) is 0. The van der Waals surface area contributed by atoms with Crippen LogP contribution >= 0.6 is 0 Å². The van der Waals surface area contributed by atoms with E-state index in [1.807, 2.05) is 18.3 Å². The average molecular weight is 725 g/mol. The van der Waals surface area contributed by atoms with E-state index in [1.165, 1.54) is 77.2 Å². The molecule has 0 atom stereocenters. The molecular weight excluding hydrogens is 689 g/mol. The van der Waals surface area contributed by atoms with Crippen molar-refractivity contribution in [1.29, 1.82) is 0 Å². The zero-order valence-electron chi connectivity index (χ0n) is 31.2. The fourth-order valence-corrected chi connectivity index (χ4v) is 9.01. The van der Waals surface area contributed by atoms with E-state index in [9.17, 15) is 0 Å². The van der Waals surface area contributed by atoms with Crippen molar-refractivity contribution in [3.8, 4) is 66.9 Å². The Balaban J connectivity index is 1.08. The molecule has 0 radical (unpaired) electrons. The third-order valence-corrected chi connectivity index (χ3v) is 11.4. The molecule has 0 fully saturated rings. The minimum absolute atomic E-state index is 0.955. The van der Waals surface area contributed by atoms with E-state index < -0.39 is 0 Å². The predicted octanol–water partition coefficient (Wildman–Crippen LogP) is 15.2. The molecule has 2 heteroatoms. The summed E-state index contributed by atoms with van der Waals surface area (Å²) in [6, 6.07) is 76.7. The summed E-state index contributed by atoms with van der Waals surface area (Å²) in [5.41, 5.74) is 18.0. The van der Waals surface area contributed by atoms with Gasteiger partial charge in [0.15, 0.2) is 0 Å². The highest BCUT2D eigenvalue weighted by Gasteiger charge is 2.31.